The summed E-state index contributed by atoms with van der Waals surface area (Å²) in [5.74, 6) is -0.202. The lowest BCUT2D eigenvalue weighted by atomic mass is 10.0. The quantitative estimate of drug-likeness (QED) is 0.0272. The molecule has 8 nitrogen and oxygen atoms in total. The zero-order valence-corrected chi connectivity index (χ0v) is 48.7. The second-order valence-electron chi connectivity index (χ2n) is 21.0. The topological polar surface area (TPSA) is 108 Å². The van der Waals surface area contributed by atoms with E-state index in [0.717, 1.165) is 89.9 Å². The number of hydrogen-bond acceptors (Lipinski definition) is 6. The molecule has 0 fully saturated rings. The van der Waals surface area contributed by atoms with Crippen LogP contribution in [0.5, 0.6) is 0 Å². The molecule has 0 heterocycles. The molecule has 0 aliphatic rings. The van der Waals surface area contributed by atoms with E-state index in [-0.39, 0.29) is 19.1 Å². The Morgan fingerprint density at radius 1 is 0.493 bits per heavy atom. The minimum absolute atomic E-state index is 0.00455. The Hall–Kier alpha value is -2.84. The van der Waals surface area contributed by atoms with Gasteiger partial charge in [-0.1, -0.05) is 258 Å². The fourth-order valence-corrected chi connectivity index (χ4v) is 8.83. The molecule has 73 heavy (non-hydrogen) atoms. The number of rotatable bonds is 53. The number of phosphoric ester groups is 1. The van der Waals surface area contributed by atoms with Gasteiger partial charge in [0.05, 0.1) is 39.9 Å². The molecule has 0 aromatic heterocycles. The number of carbonyl (C=O) groups is 1. The minimum atomic E-state index is -4.60. The van der Waals surface area contributed by atoms with Crippen LogP contribution < -0.4 is 10.2 Å². The van der Waals surface area contributed by atoms with E-state index in [9.17, 15) is 19.4 Å². The number of aliphatic hydroxyl groups is 1. The van der Waals surface area contributed by atoms with Crippen LogP contribution in [0.25, 0.3) is 0 Å². The van der Waals surface area contributed by atoms with E-state index in [1.54, 1.807) is 6.08 Å². The van der Waals surface area contributed by atoms with Crippen molar-refractivity contribution in [3.05, 3.63) is 109 Å². The number of nitrogens with one attached hydrogen (secondary N) is 1. The van der Waals surface area contributed by atoms with Crippen LogP contribution in [0.2, 0.25) is 0 Å². The number of phosphoric acid groups is 1. The van der Waals surface area contributed by atoms with Gasteiger partial charge in [0.25, 0.3) is 7.82 Å². The molecule has 3 atom stereocenters. The van der Waals surface area contributed by atoms with Gasteiger partial charge in [0.15, 0.2) is 0 Å². The molecule has 0 saturated carbocycles. The van der Waals surface area contributed by atoms with Crippen molar-refractivity contribution in [2.24, 2.45) is 0 Å². The molecule has 0 saturated heterocycles. The van der Waals surface area contributed by atoms with Gasteiger partial charge in [0.1, 0.15) is 13.2 Å². The highest BCUT2D eigenvalue weighted by molar-refractivity contribution is 7.45. The standard InChI is InChI=1S/C64H113N2O6P/c1-6-8-10-12-14-16-18-20-21-22-23-24-25-26-27-28-29-30-31-32-33-34-35-36-37-38-39-40-41-42-43-44-45-46-48-50-52-54-56-58-64(68)65-62(61-72-73(69,70)71-60-59-66(3,4)5)63(67)57-55-53-51-49-47-19-17-15-13-11-9-7-2/h8,10,14,16,20-21,23-24,26-27,29-30,32-33,35-36,55,57,62-63,67H,6-7,9,11-13,15,17-19,22,25,28,31,34,37-54,56,58-61H2,1-5H3,(H-,65,68,69,70)/b10-8-,16-14-,21-20-,24-23-,27-26-,30-29-,33-32-,36-35-,57-55+. The van der Waals surface area contributed by atoms with Gasteiger partial charge in [0.2, 0.25) is 5.91 Å². The van der Waals surface area contributed by atoms with Crippen LogP contribution in [0.3, 0.4) is 0 Å². The van der Waals surface area contributed by atoms with Crippen molar-refractivity contribution in [3.63, 3.8) is 0 Å². The molecule has 0 aliphatic heterocycles. The summed E-state index contributed by atoms with van der Waals surface area (Å²) in [5.41, 5.74) is 0. The summed E-state index contributed by atoms with van der Waals surface area (Å²) in [6, 6.07) is -0.891. The summed E-state index contributed by atoms with van der Waals surface area (Å²) in [6.45, 7) is 4.52. The number of carbonyl (C=O) groups excluding carboxylic acids is 1. The second-order valence-corrected chi connectivity index (χ2v) is 22.4. The Morgan fingerprint density at radius 3 is 1.22 bits per heavy atom. The van der Waals surface area contributed by atoms with Gasteiger partial charge in [-0.2, -0.15) is 0 Å². The van der Waals surface area contributed by atoms with E-state index < -0.39 is 20.0 Å². The number of unbranched alkanes of at least 4 members (excludes halogenated alkanes) is 24. The molecule has 420 valence electrons. The number of amides is 1. The molecule has 0 spiro atoms. The molecule has 0 rings (SSSR count). The fraction of sp³-hybridized carbons (Fsp3) is 0.703. The molecule has 0 bridgehead atoms. The van der Waals surface area contributed by atoms with Crippen LogP contribution in [0.1, 0.15) is 239 Å². The third-order valence-corrected chi connectivity index (χ3v) is 13.7. The Morgan fingerprint density at radius 2 is 0.836 bits per heavy atom. The Balaban J connectivity index is 4.01. The largest absolute Gasteiger partial charge is 0.756 e. The highest BCUT2D eigenvalue weighted by Gasteiger charge is 2.23. The van der Waals surface area contributed by atoms with Crippen molar-refractivity contribution < 1.29 is 32.9 Å². The van der Waals surface area contributed by atoms with Crippen molar-refractivity contribution >= 4 is 13.7 Å². The Bertz CT molecular complexity index is 1550. The van der Waals surface area contributed by atoms with E-state index in [4.69, 9.17) is 9.05 Å². The SMILES string of the molecule is CC/C=C\C/C=C\C/C=C\C/C=C\C/C=C\C/C=C\C/C=C\C/C=C\CCCCCCCCCCCCCCCCC(=O)NC(COP(=O)([O-])OCC[N+](C)(C)C)C(O)/C=C/CCCCCCCCCCCC. The van der Waals surface area contributed by atoms with Crippen LogP contribution in [0, 0.1) is 0 Å². The van der Waals surface area contributed by atoms with Crippen LogP contribution >= 0.6 is 7.82 Å². The average molecular weight is 1040 g/mol. The van der Waals surface area contributed by atoms with Gasteiger partial charge in [-0.25, -0.2) is 0 Å². The monoisotopic (exact) mass is 1040 g/mol. The number of aliphatic hydroxyl groups excluding tert-OH is 1. The first-order valence-electron chi connectivity index (χ1n) is 29.7. The lowest BCUT2D eigenvalue weighted by Crippen LogP contribution is -2.45. The summed E-state index contributed by atoms with van der Waals surface area (Å²) in [4.78, 5) is 25.4. The maximum Gasteiger partial charge on any atom is 0.268 e. The van der Waals surface area contributed by atoms with E-state index in [2.05, 4.69) is 116 Å². The van der Waals surface area contributed by atoms with Crippen LogP contribution in [0.4, 0.5) is 0 Å². The van der Waals surface area contributed by atoms with E-state index >= 15 is 0 Å². The molecule has 2 N–H and O–H groups in total. The first-order valence-corrected chi connectivity index (χ1v) is 31.2. The van der Waals surface area contributed by atoms with Crippen molar-refractivity contribution in [1.82, 2.24) is 5.32 Å². The Kier molecular flexibility index (Phi) is 51.9. The van der Waals surface area contributed by atoms with Gasteiger partial charge >= 0.3 is 0 Å². The summed E-state index contributed by atoms with van der Waals surface area (Å²) < 4.78 is 23.3. The molecule has 0 aromatic carbocycles. The zero-order valence-electron chi connectivity index (χ0n) is 47.8. The summed E-state index contributed by atoms with van der Waals surface area (Å²) in [5, 5.41) is 13.8. The summed E-state index contributed by atoms with van der Waals surface area (Å²) in [7, 11) is 1.25. The number of likely N-dealkylation sites (N-methyl/N-ethyl adjacent to an activating group) is 1. The van der Waals surface area contributed by atoms with Crippen LogP contribution in [-0.2, 0) is 18.4 Å². The van der Waals surface area contributed by atoms with Gasteiger partial charge < -0.3 is 28.8 Å². The van der Waals surface area contributed by atoms with Crippen molar-refractivity contribution in [2.75, 3.05) is 40.9 Å². The maximum atomic E-state index is 12.9. The number of allylic oxidation sites excluding steroid dienone is 17. The van der Waals surface area contributed by atoms with Gasteiger partial charge in [-0.05, 0) is 83.5 Å². The summed E-state index contributed by atoms with van der Waals surface area (Å²) in [6.07, 6.45) is 78.9. The van der Waals surface area contributed by atoms with Crippen molar-refractivity contribution in [3.8, 4) is 0 Å². The first-order chi connectivity index (χ1) is 35.5. The maximum absolute atomic E-state index is 12.9. The smallest absolute Gasteiger partial charge is 0.268 e. The number of hydrogen-bond donors (Lipinski definition) is 2. The molecular weight excluding hydrogens is 924 g/mol. The normalized spacial score (nSPS) is 14.7. The summed E-state index contributed by atoms with van der Waals surface area (Å²) >= 11 is 0. The molecule has 0 radical (unpaired) electrons. The molecular formula is C64H113N2O6P. The highest BCUT2D eigenvalue weighted by Crippen LogP contribution is 2.38. The first kappa shape index (κ1) is 70.2. The highest BCUT2D eigenvalue weighted by atomic mass is 31.2. The number of nitrogens with zero attached hydrogens (tertiary/aromatic N) is 1. The average Bonchev–Trinajstić information content (AvgIpc) is 3.35. The van der Waals surface area contributed by atoms with Gasteiger partial charge in [0, 0.05) is 6.42 Å². The van der Waals surface area contributed by atoms with E-state index in [1.807, 2.05) is 27.2 Å². The molecule has 0 aliphatic carbocycles. The van der Waals surface area contributed by atoms with Crippen molar-refractivity contribution in [2.45, 2.75) is 251 Å². The zero-order chi connectivity index (χ0) is 53.5. The molecule has 3 unspecified atom stereocenters. The molecule has 0 aromatic rings. The third-order valence-electron chi connectivity index (χ3n) is 12.7. The predicted molar refractivity (Wildman–Crippen MR) is 316 cm³/mol. The Labute approximate surface area is 451 Å². The molecule has 9 heteroatoms. The van der Waals surface area contributed by atoms with E-state index in [0.29, 0.717) is 17.4 Å². The predicted octanol–water partition coefficient (Wildman–Crippen LogP) is 17.7. The van der Waals surface area contributed by atoms with Gasteiger partial charge in [-0.15, -0.1) is 0 Å². The van der Waals surface area contributed by atoms with E-state index in [1.165, 1.54) is 128 Å². The molecule has 1 amide bonds. The lowest BCUT2D eigenvalue weighted by molar-refractivity contribution is -0.870. The lowest BCUT2D eigenvalue weighted by Gasteiger charge is -2.29. The van der Waals surface area contributed by atoms with Crippen molar-refractivity contribution in [1.29, 1.82) is 0 Å². The third kappa shape index (κ3) is 56.7. The fourth-order valence-electron chi connectivity index (χ4n) is 8.11. The van der Waals surface area contributed by atoms with Crippen LogP contribution in [-0.4, -0.2) is 68.5 Å². The second kappa shape index (κ2) is 54.0. The number of quaternary nitrogens is 1. The minimum Gasteiger partial charge on any atom is -0.756 e. The van der Waals surface area contributed by atoms with Crippen LogP contribution in [0.15, 0.2) is 109 Å². The van der Waals surface area contributed by atoms with Gasteiger partial charge in [-0.3, -0.25) is 9.36 Å².